The molecule has 2 fully saturated rings. The second-order valence-corrected chi connectivity index (χ2v) is 11.7. The monoisotopic (exact) mass is 552 g/mol. The van der Waals surface area contributed by atoms with Crippen molar-refractivity contribution >= 4 is 44.3 Å². The van der Waals surface area contributed by atoms with E-state index in [0.717, 1.165) is 53.6 Å². The number of carbonyl (C=O) groups is 2. The summed E-state index contributed by atoms with van der Waals surface area (Å²) in [7, 11) is -4.03. The van der Waals surface area contributed by atoms with Crippen LogP contribution in [0.15, 0.2) is 47.6 Å². The fraction of sp³-hybridized carbons (Fsp3) is 0.407. The molecule has 2 aliphatic rings. The van der Waals surface area contributed by atoms with Gasteiger partial charge in [0.1, 0.15) is 28.6 Å². The highest BCUT2D eigenvalue weighted by Crippen LogP contribution is 2.27. The number of rotatable bonds is 9. The number of nitrogens with zero attached hydrogens (tertiary/aromatic N) is 4. The maximum Gasteiger partial charge on any atom is 0.326 e. The minimum atomic E-state index is -4.03. The quantitative estimate of drug-likeness (QED) is 0.361. The van der Waals surface area contributed by atoms with Crippen LogP contribution in [0.5, 0.6) is 0 Å². The van der Waals surface area contributed by atoms with Crippen LogP contribution in [0.4, 0.5) is 11.6 Å². The Labute approximate surface area is 227 Å². The van der Waals surface area contributed by atoms with Gasteiger partial charge in [0, 0.05) is 43.8 Å². The molecule has 5 rings (SSSR count). The van der Waals surface area contributed by atoms with Crippen molar-refractivity contribution in [2.24, 2.45) is 0 Å². The van der Waals surface area contributed by atoms with Crippen molar-refractivity contribution in [2.75, 3.05) is 30.3 Å². The summed E-state index contributed by atoms with van der Waals surface area (Å²) in [5, 5.41) is 11.7. The third-order valence-electron chi connectivity index (χ3n) is 7.57. The van der Waals surface area contributed by atoms with E-state index in [0.29, 0.717) is 12.2 Å². The first-order valence-corrected chi connectivity index (χ1v) is 14.6. The maximum atomic E-state index is 13.3. The first-order valence-electron chi connectivity index (χ1n) is 13.1. The van der Waals surface area contributed by atoms with E-state index in [1.165, 1.54) is 17.2 Å². The Morgan fingerprint density at radius 2 is 1.92 bits per heavy atom. The van der Waals surface area contributed by atoms with Gasteiger partial charge in [0.15, 0.2) is 0 Å². The number of nitrogens with one attached hydrogen (secondary N) is 1. The Bertz CT molecular complexity index is 1510. The van der Waals surface area contributed by atoms with Gasteiger partial charge in [-0.2, -0.15) is 4.72 Å². The van der Waals surface area contributed by atoms with E-state index in [1.807, 2.05) is 25.1 Å². The lowest BCUT2D eigenvalue weighted by molar-refractivity contribution is -0.148. The van der Waals surface area contributed by atoms with Crippen molar-refractivity contribution in [1.29, 1.82) is 0 Å². The molecule has 4 N–H and O–H groups in total. The molecule has 2 unspecified atom stereocenters. The van der Waals surface area contributed by atoms with Gasteiger partial charge in [-0.15, -0.1) is 0 Å². The summed E-state index contributed by atoms with van der Waals surface area (Å²) in [6.07, 6.45) is 5.94. The van der Waals surface area contributed by atoms with Crippen molar-refractivity contribution in [3.8, 4) is 0 Å². The van der Waals surface area contributed by atoms with E-state index >= 15 is 0 Å². The molecule has 1 amide bonds. The van der Waals surface area contributed by atoms with Crippen LogP contribution in [-0.2, 0) is 32.5 Å². The third-order valence-corrected chi connectivity index (χ3v) is 9.03. The molecular formula is C27H32N6O5S. The highest BCUT2D eigenvalue weighted by Gasteiger charge is 2.41. The number of carboxylic acid groups (broad SMARTS) is 1. The fourth-order valence-electron chi connectivity index (χ4n) is 5.43. The number of hydrogen-bond acceptors (Lipinski definition) is 8. The van der Waals surface area contributed by atoms with Crippen LogP contribution >= 0.6 is 0 Å². The summed E-state index contributed by atoms with van der Waals surface area (Å²) in [5.74, 6) is -0.586. The summed E-state index contributed by atoms with van der Waals surface area (Å²) in [6, 6.07) is 6.57. The number of fused-ring (bicyclic) bond motifs is 1. The molecule has 12 heteroatoms. The largest absolute Gasteiger partial charge is 0.480 e. The van der Waals surface area contributed by atoms with Gasteiger partial charge in [-0.1, -0.05) is 13.0 Å². The van der Waals surface area contributed by atoms with Crippen LogP contribution in [0, 0.1) is 0 Å². The summed E-state index contributed by atoms with van der Waals surface area (Å²) >= 11 is 0. The Balaban J connectivity index is 1.32. The van der Waals surface area contributed by atoms with E-state index < -0.39 is 34.0 Å². The SMILES string of the molecule is CCc1cc2c(N)nccc2cc1CC(C(=O)O)N1CCC(NS(=O)(=O)c2ccc(N3CCCC3)nc2)C1=O. The minimum absolute atomic E-state index is 0.0380. The van der Waals surface area contributed by atoms with Crippen molar-refractivity contribution in [2.45, 2.75) is 56.0 Å². The normalized spacial score (nSPS) is 18.7. The Kier molecular flexibility index (Phi) is 7.41. The van der Waals surface area contributed by atoms with Crippen LogP contribution in [0.25, 0.3) is 10.8 Å². The third kappa shape index (κ3) is 5.39. The summed E-state index contributed by atoms with van der Waals surface area (Å²) in [4.78, 5) is 37.4. The van der Waals surface area contributed by atoms with E-state index in [1.54, 1.807) is 12.3 Å². The second-order valence-electron chi connectivity index (χ2n) is 9.99. The molecule has 11 nitrogen and oxygen atoms in total. The molecule has 2 aromatic heterocycles. The zero-order valence-corrected chi connectivity index (χ0v) is 22.5. The van der Waals surface area contributed by atoms with Crippen LogP contribution in [0.2, 0.25) is 0 Å². The van der Waals surface area contributed by atoms with Gasteiger partial charge >= 0.3 is 5.97 Å². The number of benzene rings is 1. The summed E-state index contributed by atoms with van der Waals surface area (Å²) < 4.78 is 28.5. The Morgan fingerprint density at radius 3 is 2.59 bits per heavy atom. The summed E-state index contributed by atoms with van der Waals surface area (Å²) in [5.41, 5.74) is 7.73. The predicted octanol–water partition coefficient (Wildman–Crippen LogP) is 1.95. The number of pyridine rings is 2. The van der Waals surface area contributed by atoms with Gasteiger partial charge < -0.3 is 20.6 Å². The molecule has 206 valence electrons. The number of nitrogens with two attached hydrogens (primary N) is 1. The molecule has 2 atom stereocenters. The maximum absolute atomic E-state index is 13.3. The number of nitrogen functional groups attached to an aromatic ring is 1. The fourth-order valence-corrected chi connectivity index (χ4v) is 6.60. The van der Waals surface area contributed by atoms with E-state index in [9.17, 15) is 23.1 Å². The lowest BCUT2D eigenvalue weighted by Crippen LogP contribution is -2.48. The summed E-state index contributed by atoms with van der Waals surface area (Å²) in [6.45, 7) is 3.86. The zero-order chi connectivity index (χ0) is 27.7. The van der Waals surface area contributed by atoms with Crippen LogP contribution < -0.4 is 15.4 Å². The average Bonchev–Trinajstić information content (AvgIpc) is 3.58. The molecule has 0 spiro atoms. The zero-order valence-electron chi connectivity index (χ0n) is 21.7. The number of carboxylic acids is 1. The number of sulfonamides is 1. The first-order chi connectivity index (χ1) is 18.7. The molecule has 0 saturated carbocycles. The highest BCUT2D eigenvalue weighted by molar-refractivity contribution is 7.89. The van der Waals surface area contributed by atoms with Gasteiger partial charge in [-0.25, -0.2) is 23.2 Å². The minimum Gasteiger partial charge on any atom is -0.480 e. The standard InChI is InChI=1S/C27H32N6O5S/c1-2-17-14-21-18(7-9-29-25(21)28)13-19(17)15-23(27(35)36)33-12-8-22(26(33)34)31-39(37,38)20-5-6-24(30-16-20)32-10-3-4-11-32/h5-7,9,13-14,16,22-23,31H,2-4,8,10-12,15H2,1H3,(H2,28,29)(H,35,36). The number of carbonyl (C=O) groups excluding carboxylic acids is 1. The molecule has 4 heterocycles. The van der Waals surface area contributed by atoms with Gasteiger partial charge in [-0.3, -0.25) is 4.79 Å². The van der Waals surface area contributed by atoms with Gasteiger partial charge in [-0.05, 0) is 66.5 Å². The van der Waals surface area contributed by atoms with E-state index in [2.05, 4.69) is 19.6 Å². The van der Waals surface area contributed by atoms with Crippen molar-refractivity contribution < 1.29 is 23.1 Å². The molecule has 3 aromatic rings. The van der Waals surface area contributed by atoms with Crippen molar-refractivity contribution in [3.05, 3.63) is 53.9 Å². The molecule has 0 radical (unpaired) electrons. The van der Waals surface area contributed by atoms with Crippen molar-refractivity contribution in [1.82, 2.24) is 19.6 Å². The number of amides is 1. The molecule has 2 saturated heterocycles. The molecule has 0 bridgehead atoms. The van der Waals surface area contributed by atoms with Crippen LogP contribution in [-0.4, -0.2) is 72.0 Å². The van der Waals surface area contributed by atoms with Crippen LogP contribution in [0.1, 0.15) is 37.3 Å². The average molecular weight is 553 g/mol. The Morgan fingerprint density at radius 1 is 1.15 bits per heavy atom. The molecule has 2 aliphatic heterocycles. The lowest BCUT2D eigenvalue weighted by Gasteiger charge is -2.26. The number of aryl methyl sites for hydroxylation is 1. The number of aliphatic carboxylic acids is 1. The number of aromatic nitrogens is 2. The van der Waals surface area contributed by atoms with E-state index in [4.69, 9.17) is 5.73 Å². The topological polar surface area (TPSA) is 159 Å². The second kappa shape index (κ2) is 10.8. The van der Waals surface area contributed by atoms with Gasteiger partial charge in [0.05, 0.1) is 0 Å². The number of likely N-dealkylation sites (tertiary alicyclic amines) is 1. The molecular weight excluding hydrogens is 520 g/mol. The smallest absolute Gasteiger partial charge is 0.326 e. The number of anilines is 2. The Hall–Kier alpha value is -3.77. The van der Waals surface area contributed by atoms with Crippen molar-refractivity contribution in [3.63, 3.8) is 0 Å². The van der Waals surface area contributed by atoms with E-state index in [-0.39, 0.29) is 24.3 Å². The number of hydrogen-bond donors (Lipinski definition) is 3. The van der Waals surface area contributed by atoms with Gasteiger partial charge in [0.2, 0.25) is 15.9 Å². The highest BCUT2D eigenvalue weighted by atomic mass is 32.2. The molecule has 0 aliphatic carbocycles. The van der Waals surface area contributed by atoms with Crippen LogP contribution in [0.3, 0.4) is 0 Å². The lowest BCUT2D eigenvalue weighted by atomic mass is 9.94. The first kappa shape index (κ1) is 26.8. The predicted molar refractivity (Wildman–Crippen MR) is 147 cm³/mol. The van der Waals surface area contributed by atoms with Gasteiger partial charge in [0.25, 0.3) is 0 Å². The molecule has 1 aromatic carbocycles. The molecule has 39 heavy (non-hydrogen) atoms.